The Morgan fingerprint density at radius 2 is 1.63 bits per heavy atom. The third kappa shape index (κ3) is 6.00. The Morgan fingerprint density at radius 1 is 1.11 bits per heavy atom. The van der Waals surface area contributed by atoms with E-state index in [0.29, 0.717) is 19.0 Å². The molecule has 6 heteroatoms. The van der Waals surface area contributed by atoms with Gasteiger partial charge in [0.05, 0.1) is 13.2 Å². The summed E-state index contributed by atoms with van der Waals surface area (Å²) in [6.45, 7) is 6.07. The second kappa shape index (κ2) is 7.95. The minimum Gasteiger partial charge on any atom is -0.308 e. The van der Waals surface area contributed by atoms with E-state index in [9.17, 15) is 8.77 Å². The Kier molecular flexibility index (Phi) is 6.94. The fourth-order valence-electron chi connectivity index (χ4n) is 1.60. The van der Waals surface area contributed by atoms with Crippen LogP contribution in [0.2, 0.25) is 0 Å². The lowest BCUT2D eigenvalue weighted by Gasteiger charge is -2.16. The Hall–Kier alpha value is -0.480. The molecule has 19 heavy (non-hydrogen) atoms. The zero-order valence-corrected chi connectivity index (χ0v) is 13.3. The van der Waals surface area contributed by atoms with E-state index in [1.807, 2.05) is 31.2 Å². The highest BCUT2D eigenvalue weighted by Crippen LogP contribution is 2.48. The summed E-state index contributed by atoms with van der Waals surface area (Å²) in [6, 6.07) is 7.80. The summed E-state index contributed by atoms with van der Waals surface area (Å²) >= 11 is 0. The molecule has 1 aromatic carbocycles. The van der Waals surface area contributed by atoms with Crippen molar-refractivity contribution in [3.63, 3.8) is 0 Å². The van der Waals surface area contributed by atoms with Gasteiger partial charge in [-0.05, 0) is 26.3 Å². The Labute approximate surface area is 117 Å². The minimum absolute atomic E-state index is 0.0530. The molecule has 0 radical (unpaired) electrons. The first-order chi connectivity index (χ1) is 8.99. The van der Waals surface area contributed by atoms with Crippen molar-refractivity contribution in [3.8, 4) is 0 Å². The fraction of sp³-hybridized carbons (Fsp3) is 0.538. The van der Waals surface area contributed by atoms with Crippen LogP contribution in [0.5, 0.6) is 0 Å². The first kappa shape index (κ1) is 16.6. The molecule has 0 aliphatic heterocycles. The molecule has 0 saturated heterocycles. The predicted octanol–water partition coefficient (Wildman–Crippen LogP) is 3.47. The maximum Gasteiger partial charge on any atom is 0.343 e. The van der Waals surface area contributed by atoms with Gasteiger partial charge in [-0.1, -0.05) is 29.8 Å². The van der Waals surface area contributed by atoms with Gasteiger partial charge in [0.1, 0.15) is 5.49 Å². The molecule has 0 amide bonds. The highest BCUT2D eigenvalue weighted by molar-refractivity contribution is 7.91. The predicted molar refractivity (Wildman–Crippen MR) is 78.8 cm³/mol. The Morgan fingerprint density at radius 3 is 2.11 bits per heavy atom. The highest BCUT2D eigenvalue weighted by atomic mass is 32.2. The number of benzene rings is 1. The van der Waals surface area contributed by atoms with Crippen molar-refractivity contribution in [1.29, 1.82) is 0 Å². The SMILES string of the molecule is CCOP(=O)(C[S@@](=O)Cc1ccc(C)cc1)OCC. The molecule has 0 N–H and O–H groups in total. The number of rotatable bonds is 8. The van der Waals surface area contributed by atoms with Crippen molar-refractivity contribution in [1.82, 2.24) is 0 Å². The van der Waals surface area contributed by atoms with Gasteiger partial charge in [0, 0.05) is 16.6 Å². The summed E-state index contributed by atoms with van der Waals surface area (Å²) in [6.07, 6.45) is 0. The summed E-state index contributed by atoms with van der Waals surface area (Å²) in [5.41, 5.74) is 2.06. The Bertz CT molecular complexity index is 448. The van der Waals surface area contributed by atoms with E-state index in [4.69, 9.17) is 9.05 Å². The van der Waals surface area contributed by atoms with Gasteiger partial charge < -0.3 is 9.05 Å². The van der Waals surface area contributed by atoms with Crippen LogP contribution in [-0.2, 0) is 30.2 Å². The van der Waals surface area contributed by atoms with Crippen molar-refractivity contribution >= 4 is 18.4 Å². The lowest BCUT2D eigenvalue weighted by atomic mass is 10.2. The average Bonchev–Trinajstić information content (AvgIpc) is 2.32. The van der Waals surface area contributed by atoms with Gasteiger partial charge >= 0.3 is 7.60 Å². The van der Waals surface area contributed by atoms with Crippen molar-refractivity contribution in [2.45, 2.75) is 26.5 Å². The molecule has 0 unspecified atom stereocenters. The topological polar surface area (TPSA) is 52.6 Å². The van der Waals surface area contributed by atoms with Gasteiger partial charge in [0.2, 0.25) is 0 Å². The third-order valence-electron chi connectivity index (χ3n) is 2.40. The van der Waals surface area contributed by atoms with Gasteiger partial charge in [-0.15, -0.1) is 0 Å². The van der Waals surface area contributed by atoms with Gasteiger partial charge in [-0.3, -0.25) is 8.77 Å². The van der Waals surface area contributed by atoms with Crippen molar-refractivity contribution in [3.05, 3.63) is 35.4 Å². The lowest BCUT2D eigenvalue weighted by molar-refractivity contribution is 0.224. The molecule has 1 aromatic rings. The first-order valence-corrected chi connectivity index (χ1v) is 9.49. The molecule has 0 aliphatic rings. The fourth-order valence-corrected chi connectivity index (χ4v) is 5.40. The summed E-state index contributed by atoms with van der Waals surface area (Å²) in [4.78, 5) is 0. The van der Waals surface area contributed by atoms with E-state index in [-0.39, 0.29) is 5.49 Å². The van der Waals surface area contributed by atoms with Gasteiger partial charge in [-0.25, -0.2) is 0 Å². The highest BCUT2D eigenvalue weighted by Gasteiger charge is 2.26. The van der Waals surface area contributed by atoms with Crippen molar-refractivity contribution in [2.24, 2.45) is 0 Å². The molecule has 0 saturated carbocycles. The zero-order chi connectivity index (χ0) is 14.3. The van der Waals surface area contributed by atoms with Crippen LogP contribution >= 0.6 is 7.60 Å². The normalized spacial score (nSPS) is 13.4. The summed E-state index contributed by atoms with van der Waals surface area (Å²) in [5.74, 6) is 0.365. The maximum absolute atomic E-state index is 12.2. The molecule has 0 aliphatic carbocycles. The van der Waals surface area contributed by atoms with E-state index in [1.54, 1.807) is 13.8 Å². The summed E-state index contributed by atoms with van der Waals surface area (Å²) in [7, 11) is -4.49. The molecule has 1 atom stereocenters. The van der Waals surface area contributed by atoms with Gasteiger partial charge in [-0.2, -0.15) is 0 Å². The average molecular weight is 304 g/mol. The van der Waals surface area contributed by atoms with E-state index in [1.165, 1.54) is 0 Å². The first-order valence-electron chi connectivity index (χ1n) is 6.27. The van der Waals surface area contributed by atoms with Crippen LogP contribution in [0.1, 0.15) is 25.0 Å². The minimum atomic E-state index is -3.22. The smallest absolute Gasteiger partial charge is 0.308 e. The standard InChI is InChI=1S/C13H21O4PS/c1-4-16-18(14,17-5-2)11-19(15)10-13-8-6-12(3)7-9-13/h6-9H,4-5,10-11H2,1-3H3/t19-/m0/s1. The maximum atomic E-state index is 12.2. The molecule has 0 heterocycles. The molecule has 1 rings (SSSR count). The number of aryl methyl sites for hydroxylation is 1. The summed E-state index contributed by atoms with van der Waals surface area (Å²) in [5, 5.41) is 0. The summed E-state index contributed by atoms with van der Waals surface area (Å²) < 4.78 is 34.5. The van der Waals surface area contributed by atoms with Crippen molar-refractivity contribution in [2.75, 3.05) is 18.7 Å². The lowest BCUT2D eigenvalue weighted by Crippen LogP contribution is -2.07. The molecule has 0 spiro atoms. The third-order valence-corrected chi connectivity index (χ3v) is 6.78. The second-order valence-corrected chi connectivity index (χ2v) is 8.08. The molecule has 0 aromatic heterocycles. The molecule has 0 bridgehead atoms. The van der Waals surface area contributed by atoms with Crippen LogP contribution in [0, 0.1) is 6.92 Å². The Balaban J connectivity index is 2.62. The largest absolute Gasteiger partial charge is 0.343 e. The van der Waals surface area contributed by atoms with Crippen LogP contribution < -0.4 is 0 Å². The van der Waals surface area contributed by atoms with Crippen molar-refractivity contribution < 1.29 is 17.8 Å². The van der Waals surface area contributed by atoms with Crippen LogP contribution in [0.25, 0.3) is 0 Å². The van der Waals surface area contributed by atoms with E-state index >= 15 is 0 Å². The van der Waals surface area contributed by atoms with Crippen LogP contribution in [0.4, 0.5) is 0 Å². The van der Waals surface area contributed by atoms with E-state index in [0.717, 1.165) is 11.1 Å². The molecular formula is C13H21O4PS. The van der Waals surface area contributed by atoms with Crippen LogP contribution in [0.3, 0.4) is 0 Å². The van der Waals surface area contributed by atoms with Gasteiger partial charge in [0.15, 0.2) is 0 Å². The molecular weight excluding hydrogens is 283 g/mol. The monoisotopic (exact) mass is 304 g/mol. The zero-order valence-electron chi connectivity index (χ0n) is 11.6. The number of hydrogen-bond acceptors (Lipinski definition) is 4. The van der Waals surface area contributed by atoms with Crippen LogP contribution in [-0.4, -0.2) is 22.9 Å². The van der Waals surface area contributed by atoms with Gasteiger partial charge in [0.25, 0.3) is 0 Å². The second-order valence-electron chi connectivity index (χ2n) is 4.15. The van der Waals surface area contributed by atoms with E-state index in [2.05, 4.69) is 0 Å². The molecule has 0 fully saturated rings. The van der Waals surface area contributed by atoms with Crippen LogP contribution in [0.15, 0.2) is 24.3 Å². The molecule has 4 nitrogen and oxygen atoms in total. The molecule has 108 valence electrons. The quantitative estimate of drug-likeness (QED) is 0.690. The van der Waals surface area contributed by atoms with E-state index < -0.39 is 18.4 Å². The number of hydrogen-bond donors (Lipinski definition) is 0.